The number of carbonyl (C=O) groups excluding carboxylic acids is 1. The topological polar surface area (TPSA) is 61.5 Å². The van der Waals surface area contributed by atoms with Crippen molar-refractivity contribution in [3.63, 3.8) is 0 Å². The quantitative estimate of drug-likeness (QED) is 0.398. The fourth-order valence-electron chi connectivity index (χ4n) is 3.20. The van der Waals surface area contributed by atoms with Crippen molar-refractivity contribution in [2.24, 2.45) is 5.73 Å². The third kappa shape index (κ3) is 6.10. The third-order valence-corrected chi connectivity index (χ3v) is 4.80. The van der Waals surface area contributed by atoms with Gasteiger partial charge in [0.2, 0.25) is 0 Å². The van der Waals surface area contributed by atoms with E-state index in [-0.39, 0.29) is 17.4 Å². The molecule has 2 rings (SSSR count). The maximum absolute atomic E-state index is 12.1. The Morgan fingerprint density at radius 2 is 2.00 bits per heavy atom. The molecule has 1 aliphatic rings. The molecule has 0 fully saturated rings. The standard InChI is InChI=1S/C23H31NO3/c1-4-26-17-19(22(25)27-5-2)16-21(24)15-18-11-13-23(3,14-12-18)20-9-7-6-8-10-20/h6-13,17,21H,4-5,14-16,24H2,1-3H3/b19-17-/t21-,23?/m1/s1. The van der Waals surface area contributed by atoms with E-state index in [1.54, 1.807) is 6.92 Å². The molecule has 4 nitrogen and oxygen atoms in total. The smallest absolute Gasteiger partial charge is 0.337 e. The van der Waals surface area contributed by atoms with Crippen LogP contribution in [-0.4, -0.2) is 25.2 Å². The van der Waals surface area contributed by atoms with Crippen molar-refractivity contribution in [2.75, 3.05) is 13.2 Å². The monoisotopic (exact) mass is 369 g/mol. The Kier molecular flexibility index (Phi) is 7.86. The van der Waals surface area contributed by atoms with Crippen LogP contribution in [0, 0.1) is 0 Å². The first-order valence-electron chi connectivity index (χ1n) is 9.65. The predicted molar refractivity (Wildman–Crippen MR) is 109 cm³/mol. The fraction of sp³-hybridized carbons (Fsp3) is 0.435. The van der Waals surface area contributed by atoms with Gasteiger partial charge in [0.15, 0.2) is 0 Å². The number of ether oxygens (including phenoxy) is 2. The Labute approximate surface area is 162 Å². The Balaban J connectivity index is 1.97. The van der Waals surface area contributed by atoms with Gasteiger partial charge in [-0.1, -0.05) is 61.1 Å². The molecular weight excluding hydrogens is 338 g/mol. The second-order valence-corrected chi connectivity index (χ2v) is 7.09. The summed E-state index contributed by atoms with van der Waals surface area (Å²) in [5, 5.41) is 0. The minimum atomic E-state index is -0.355. The van der Waals surface area contributed by atoms with Crippen LogP contribution < -0.4 is 5.73 Å². The lowest BCUT2D eigenvalue weighted by Crippen LogP contribution is -2.25. The highest BCUT2D eigenvalue weighted by Gasteiger charge is 2.25. The number of benzene rings is 1. The average molecular weight is 370 g/mol. The van der Waals surface area contributed by atoms with Gasteiger partial charge in [-0.2, -0.15) is 0 Å². The van der Waals surface area contributed by atoms with Crippen LogP contribution >= 0.6 is 0 Å². The molecule has 0 saturated carbocycles. The molecule has 1 aromatic rings. The largest absolute Gasteiger partial charge is 0.501 e. The van der Waals surface area contributed by atoms with Gasteiger partial charge in [0.25, 0.3) is 0 Å². The van der Waals surface area contributed by atoms with Gasteiger partial charge < -0.3 is 15.2 Å². The van der Waals surface area contributed by atoms with Crippen LogP contribution in [-0.2, 0) is 19.7 Å². The highest BCUT2D eigenvalue weighted by atomic mass is 16.5. The summed E-state index contributed by atoms with van der Waals surface area (Å²) in [6, 6.07) is 10.4. The second-order valence-electron chi connectivity index (χ2n) is 7.09. The average Bonchev–Trinajstić information content (AvgIpc) is 2.68. The predicted octanol–water partition coefficient (Wildman–Crippen LogP) is 4.42. The second kappa shape index (κ2) is 10.1. The molecule has 4 heteroatoms. The number of esters is 1. The fourth-order valence-corrected chi connectivity index (χ4v) is 3.20. The summed E-state index contributed by atoms with van der Waals surface area (Å²) < 4.78 is 10.4. The van der Waals surface area contributed by atoms with Crippen LogP contribution in [0.15, 0.2) is 66.0 Å². The molecule has 2 N–H and O–H groups in total. The van der Waals surface area contributed by atoms with E-state index in [1.807, 2.05) is 13.0 Å². The summed E-state index contributed by atoms with van der Waals surface area (Å²) in [7, 11) is 0. The number of nitrogens with two attached hydrogens (primary N) is 1. The van der Waals surface area contributed by atoms with E-state index in [0.29, 0.717) is 31.6 Å². The molecule has 0 amide bonds. The van der Waals surface area contributed by atoms with E-state index in [0.717, 1.165) is 6.42 Å². The Morgan fingerprint density at radius 3 is 2.59 bits per heavy atom. The van der Waals surface area contributed by atoms with Gasteiger partial charge in [-0.15, -0.1) is 0 Å². The van der Waals surface area contributed by atoms with E-state index < -0.39 is 0 Å². The third-order valence-electron chi connectivity index (χ3n) is 4.80. The van der Waals surface area contributed by atoms with Crippen molar-refractivity contribution in [3.8, 4) is 0 Å². The minimum absolute atomic E-state index is 0.0137. The van der Waals surface area contributed by atoms with E-state index >= 15 is 0 Å². The summed E-state index contributed by atoms with van der Waals surface area (Å²) in [5.74, 6) is -0.355. The van der Waals surface area contributed by atoms with E-state index in [4.69, 9.17) is 15.2 Å². The van der Waals surface area contributed by atoms with Crippen molar-refractivity contribution in [2.45, 2.75) is 51.5 Å². The van der Waals surface area contributed by atoms with Gasteiger partial charge in [-0.05, 0) is 38.7 Å². The van der Waals surface area contributed by atoms with Crippen LogP contribution in [0.25, 0.3) is 0 Å². The zero-order chi connectivity index (χ0) is 19.7. The zero-order valence-electron chi connectivity index (χ0n) is 16.6. The lowest BCUT2D eigenvalue weighted by Gasteiger charge is -2.29. The molecular formula is C23H31NO3. The van der Waals surface area contributed by atoms with Crippen LogP contribution in [0.5, 0.6) is 0 Å². The summed E-state index contributed by atoms with van der Waals surface area (Å²) in [6.45, 7) is 6.75. The first kappa shape index (κ1) is 21.0. The van der Waals surface area contributed by atoms with Crippen molar-refractivity contribution >= 4 is 5.97 Å². The molecule has 0 saturated heterocycles. The Hall–Kier alpha value is -2.33. The lowest BCUT2D eigenvalue weighted by atomic mass is 9.75. The number of carbonyl (C=O) groups is 1. The summed E-state index contributed by atoms with van der Waals surface area (Å²) in [5.41, 5.74) is 9.33. The maximum Gasteiger partial charge on any atom is 0.337 e. The minimum Gasteiger partial charge on any atom is -0.501 e. The molecule has 1 aliphatic carbocycles. The number of rotatable bonds is 9. The van der Waals surface area contributed by atoms with Gasteiger partial charge in [0.05, 0.1) is 25.0 Å². The molecule has 2 atom stereocenters. The van der Waals surface area contributed by atoms with Gasteiger partial charge in [0.1, 0.15) is 0 Å². The molecule has 0 heterocycles. The highest BCUT2D eigenvalue weighted by Crippen LogP contribution is 2.34. The molecule has 146 valence electrons. The SMILES string of the molecule is CCO/C=C(/C[C@H](N)CC1=CCC(C)(c2ccccc2)C=C1)C(=O)OCC. The van der Waals surface area contributed by atoms with Crippen LogP contribution in [0.2, 0.25) is 0 Å². The van der Waals surface area contributed by atoms with Crippen LogP contribution in [0.4, 0.5) is 0 Å². The molecule has 1 unspecified atom stereocenters. The van der Waals surface area contributed by atoms with Crippen LogP contribution in [0.1, 0.15) is 45.6 Å². The van der Waals surface area contributed by atoms with Gasteiger partial charge >= 0.3 is 5.97 Å². The van der Waals surface area contributed by atoms with Crippen LogP contribution in [0.3, 0.4) is 0 Å². The van der Waals surface area contributed by atoms with Crippen molar-refractivity contribution in [1.82, 2.24) is 0 Å². The van der Waals surface area contributed by atoms with Gasteiger partial charge in [-0.3, -0.25) is 0 Å². The first-order chi connectivity index (χ1) is 13.0. The summed E-state index contributed by atoms with van der Waals surface area (Å²) in [4.78, 5) is 12.1. The van der Waals surface area contributed by atoms with E-state index in [1.165, 1.54) is 17.4 Å². The van der Waals surface area contributed by atoms with E-state index in [9.17, 15) is 4.79 Å². The molecule has 0 bridgehead atoms. The number of allylic oxidation sites excluding steroid dienone is 3. The summed E-state index contributed by atoms with van der Waals surface area (Å²) >= 11 is 0. The van der Waals surface area contributed by atoms with E-state index in [2.05, 4.69) is 49.4 Å². The zero-order valence-corrected chi connectivity index (χ0v) is 16.6. The lowest BCUT2D eigenvalue weighted by molar-refractivity contribution is -0.138. The highest BCUT2D eigenvalue weighted by molar-refractivity contribution is 5.88. The maximum atomic E-state index is 12.1. The molecule has 0 aromatic heterocycles. The Bertz CT molecular complexity index is 706. The van der Waals surface area contributed by atoms with Crippen molar-refractivity contribution in [1.29, 1.82) is 0 Å². The first-order valence-corrected chi connectivity index (χ1v) is 9.65. The number of hydrogen-bond donors (Lipinski definition) is 1. The molecule has 0 aliphatic heterocycles. The number of hydrogen-bond acceptors (Lipinski definition) is 4. The van der Waals surface area contributed by atoms with Gasteiger partial charge in [-0.25, -0.2) is 4.79 Å². The molecule has 0 spiro atoms. The molecule has 1 aromatic carbocycles. The Morgan fingerprint density at radius 1 is 1.26 bits per heavy atom. The van der Waals surface area contributed by atoms with Crippen molar-refractivity contribution < 1.29 is 14.3 Å². The van der Waals surface area contributed by atoms with Gasteiger partial charge in [0, 0.05) is 11.5 Å². The molecule has 27 heavy (non-hydrogen) atoms. The summed E-state index contributed by atoms with van der Waals surface area (Å²) in [6.07, 6.45) is 10.2. The molecule has 0 radical (unpaired) electrons. The van der Waals surface area contributed by atoms with Crippen molar-refractivity contribution in [3.05, 3.63) is 71.5 Å². The normalized spacial score (nSPS) is 20.7.